The van der Waals surface area contributed by atoms with Crippen LogP contribution in [0.15, 0.2) is 23.8 Å². The first kappa shape index (κ1) is 11.6. The second-order valence-electron chi connectivity index (χ2n) is 6.11. The van der Waals surface area contributed by atoms with Crippen LogP contribution in [0.25, 0.3) is 0 Å². The maximum atomic E-state index is 10.6. The lowest BCUT2D eigenvalue weighted by atomic mass is 9.66. The molecule has 0 aromatic carbocycles. The summed E-state index contributed by atoms with van der Waals surface area (Å²) in [4.78, 5) is 10.6. The average molecular weight is 218 g/mol. The van der Waals surface area contributed by atoms with Gasteiger partial charge in [-0.2, -0.15) is 0 Å². The van der Waals surface area contributed by atoms with Crippen molar-refractivity contribution in [2.24, 2.45) is 22.7 Å². The molecule has 0 spiro atoms. The van der Waals surface area contributed by atoms with Gasteiger partial charge in [0.05, 0.1) is 0 Å². The Hall–Kier alpha value is -0.850. The van der Waals surface area contributed by atoms with E-state index in [2.05, 4.69) is 39.8 Å². The summed E-state index contributed by atoms with van der Waals surface area (Å²) < 4.78 is 0. The first-order chi connectivity index (χ1) is 7.45. The highest BCUT2D eigenvalue weighted by Gasteiger charge is 2.56. The molecule has 0 aromatic rings. The lowest BCUT2D eigenvalue weighted by Crippen LogP contribution is -2.31. The summed E-state index contributed by atoms with van der Waals surface area (Å²) in [6.07, 6.45) is 9.77. The number of carbonyl (C=O) groups is 1. The van der Waals surface area contributed by atoms with Crippen molar-refractivity contribution in [2.45, 2.75) is 40.5 Å². The van der Waals surface area contributed by atoms with E-state index in [9.17, 15) is 4.79 Å². The first-order valence-electron chi connectivity index (χ1n) is 6.28. The summed E-state index contributed by atoms with van der Waals surface area (Å²) in [6.45, 7) is 9.22. The summed E-state index contributed by atoms with van der Waals surface area (Å²) >= 11 is 0. The molecule has 2 rings (SSSR count). The molecule has 1 heteroatoms. The van der Waals surface area contributed by atoms with Gasteiger partial charge in [0.15, 0.2) is 0 Å². The Morgan fingerprint density at radius 1 is 1.38 bits per heavy atom. The Bertz CT molecular complexity index is 362. The van der Waals surface area contributed by atoms with Crippen molar-refractivity contribution in [2.75, 3.05) is 0 Å². The number of carbonyl (C=O) groups excluding carboxylic acids is 1. The van der Waals surface area contributed by atoms with Crippen LogP contribution in [-0.4, -0.2) is 6.29 Å². The van der Waals surface area contributed by atoms with E-state index < -0.39 is 0 Å². The van der Waals surface area contributed by atoms with Gasteiger partial charge >= 0.3 is 0 Å². The minimum atomic E-state index is 0.157. The van der Waals surface area contributed by atoms with Crippen molar-refractivity contribution in [1.82, 2.24) is 0 Å². The second kappa shape index (κ2) is 3.58. The van der Waals surface area contributed by atoms with Crippen LogP contribution in [0.5, 0.6) is 0 Å². The van der Waals surface area contributed by atoms with Gasteiger partial charge in [-0.25, -0.2) is 0 Å². The van der Waals surface area contributed by atoms with Crippen LogP contribution in [0, 0.1) is 22.7 Å². The third-order valence-corrected chi connectivity index (χ3v) is 4.90. The van der Waals surface area contributed by atoms with E-state index in [0.29, 0.717) is 11.8 Å². The van der Waals surface area contributed by atoms with Crippen LogP contribution < -0.4 is 0 Å². The highest BCUT2D eigenvalue weighted by molar-refractivity contribution is 5.65. The van der Waals surface area contributed by atoms with E-state index in [4.69, 9.17) is 0 Å². The molecule has 0 heterocycles. The van der Waals surface area contributed by atoms with Crippen molar-refractivity contribution in [3.63, 3.8) is 0 Å². The smallest absolute Gasteiger partial charge is 0.142 e. The molecule has 3 atom stereocenters. The van der Waals surface area contributed by atoms with Crippen molar-refractivity contribution in [3.8, 4) is 0 Å². The van der Waals surface area contributed by atoms with Crippen molar-refractivity contribution in [1.29, 1.82) is 0 Å². The standard InChI is InChI=1S/C15H22O/c1-11-6-7-13-14(3,4)10-12(2)15(11,13)8-5-9-16/h5,8-11,13H,6-7H2,1-4H3/b8-5-/t11-,13+,15-/m0/s1. The molecular weight excluding hydrogens is 196 g/mol. The summed E-state index contributed by atoms with van der Waals surface area (Å²) in [5.41, 5.74) is 1.90. The Balaban J connectivity index is 2.49. The number of allylic oxidation sites excluding steroid dienone is 4. The molecule has 1 saturated carbocycles. The van der Waals surface area contributed by atoms with Crippen LogP contribution in [0.3, 0.4) is 0 Å². The lowest BCUT2D eigenvalue weighted by molar-refractivity contribution is -0.104. The quantitative estimate of drug-likeness (QED) is 0.392. The van der Waals surface area contributed by atoms with Crippen molar-refractivity contribution >= 4 is 6.29 Å². The van der Waals surface area contributed by atoms with Crippen LogP contribution in [0.2, 0.25) is 0 Å². The Labute approximate surface area is 98.6 Å². The molecule has 0 aliphatic heterocycles. The summed E-state index contributed by atoms with van der Waals surface area (Å²) in [7, 11) is 0. The monoisotopic (exact) mass is 218 g/mol. The molecule has 88 valence electrons. The molecule has 0 amide bonds. The molecule has 0 radical (unpaired) electrons. The van der Waals surface area contributed by atoms with E-state index in [1.54, 1.807) is 6.08 Å². The second-order valence-corrected chi connectivity index (χ2v) is 6.11. The number of rotatable bonds is 2. The summed E-state index contributed by atoms with van der Waals surface area (Å²) in [5, 5.41) is 0. The summed E-state index contributed by atoms with van der Waals surface area (Å²) in [5.74, 6) is 1.33. The average Bonchev–Trinajstić information content (AvgIpc) is 2.62. The van der Waals surface area contributed by atoms with Crippen LogP contribution >= 0.6 is 0 Å². The normalized spacial score (nSPS) is 41.1. The maximum Gasteiger partial charge on any atom is 0.142 e. The number of aldehydes is 1. The van der Waals surface area contributed by atoms with Gasteiger partial charge in [-0.3, -0.25) is 4.79 Å². The van der Waals surface area contributed by atoms with Crippen LogP contribution in [-0.2, 0) is 4.79 Å². The van der Waals surface area contributed by atoms with Gasteiger partial charge in [0, 0.05) is 5.41 Å². The zero-order valence-electron chi connectivity index (χ0n) is 10.8. The van der Waals surface area contributed by atoms with Gasteiger partial charge in [0.1, 0.15) is 6.29 Å². The Morgan fingerprint density at radius 2 is 2.06 bits per heavy atom. The van der Waals surface area contributed by atoms with Crippen LogP contribution in [0.1, 0.15) is 40.5 Å². The highest BCUT2D eigenvalue weighted by Crippen LogP contribution is 2.64. The minimum Gasteiger partial charge on any atom is -0.299 e. The fraction of sp³-hybridized carbons (Fsp3) is 0.667. The zero-order valence-corrected chi connectivity index (χ0v) is 10.8. The number of fused-ring (bicyclic) bond motifs is 1. The lowest BCUT2D eigenvalue weighted by Gasteiger charge is -2.37. The van der Waals surface area contributed by atoms with Crippen molar-refractivity contribution in [3.05, 3.63) is 23.8 Å². The molecule has 0 bridgehead atoms. The topological polar surface area (TPSA) is 17.1 Å². The molecule has 16 heavy (non-hydrogen) atoms. The molecule has 1 fully saturated rings. The van der Waals surface area contributed by atoms with Gasteiger partial charge in [-0.05, 0) is 43.1 Å². The highest BCUT2D eigenvalue weighted by atomic mass is 16.1. The van der Waals surface area contributed by atoms with E-state index >= 15 is 0 Å². The Kier molecular flexibility index (Phi) is 2.60. The first-order valence-corrected chi connectivity index (χ1v) is 6.28. The predicted molar refractivity (Wildman–Crippen MR) is 67.1 cm³/mol. The zero-order chi connectivity index (χ0) is 12.0. The van der Waals surface area contributed by atoms with Gasteiger partial charge < -0.3 is 0 Å². The summed E-state index contributed by atoms with van der Waals surface area (Å²) in [6, 6.07) is 0. The molecule has 0 N–H and O–H groups in total. The van der Waals surface area contributed by atoms with Crippen molar-refractivity contribution < 1.29 is 4.79 Å². The van der Waals surface area contributed by atoms with E-state index in [1.807, 2.05) is 0 Å². The third-order valence-electron chi connectivity index (χ3n) is 4.90. The van der Waals surface area contributed by atoms with E-state index in [1.165, 1.54) is 18.4 Å². The van der Waals surface area contributed by atoms with E-state index in [-0.39, 0.29) is 10.8 Å². The number of hydrogen-bond acceptors (Lipinski definition) is 1. The molecule has 1 nitrogen and oxygen atoms in total. The fourth-order valence-electron chi connectivity index (χ4n) is 4.28. The SMILES string of the molecule is CC1=CC(C)(C)[C@H]2CC[C@H](C)[C@@]12/C=C\C=O. The van der Waals surface area contributed by atoms with Gasteiger partial charge in [-0.1, -0.05) is 38.5 Å². The minimum absolute atomic E-state index is 0.157. The molecule has 0 saturated heterocycles. The van der Waals surface area contributed by atoms with Gasteiger partial charge in [0.25, 0.3) is 0 Å². The molecule has 0 unspecified atom stereocenters. The van der Waals surface area contributed by atoms with Gasteiger partial charge in [-0.15, -0.1) is 0 Å². The van der Waals surface area contributed by atoms with Gasteiger partial charge in [0.2, 0.25) is 0 Å². The predicted octanol–water partition coefficient (Wildman–Crippen LogP) is 3.76. The number of hydrogen-bond donors (Lipinski definition) is 0. The van der Waals surface area contributed by atoms with E-state index in [0.717, 1.165) is 6.29 Å². The molecule has 2 aliphatic rings. The molecule has 2 aliphatic carbocycles. The Morgan fingerprint density at radius 3 is 2.69 bits per heavy atom. The third kappa shape index (κ3) is 1.33. The fourth-order valence-corrected chi connectivity index (χ4v) is 4.28. The molecular formula is C15H22O. The molecule has 0 aromatic heterocycles. The maximum absolute atomic E-state index is 10.6. The largest absolute Gasteiger partial charge is 0.299 e. The van der Waals surface area contributed by atoms with Crippen LogP contribution in [0.4, 0.5) is 0 Å².